The fraction of sp³-hybridized carbons (Fsp3) is 0.600. The fourth-order valence-electron chi connectivity index (χ4n) is 2.38. The van der Waals surface area contributed by atoms with Crippen LogP contribution in [-0.2, 0) is 14.8 Å². The quantitative estimate of drug-likeness (QED) is 0.822. The van der Waals surface area contributed by atoms with Gasteiger partial charge in [0.05, 0.1) is 17.5 Å². The van der Waals surface area contributed by atoms with Gasteiger partial charge in [0.2, 0.25) is 10.0 Å². The summed E-state index contributed by atoms with van der Waals surface area (Å²) in [5.41, 5.74) is 0.944. The number of benzene rings is 1. The number of sulfonamides is 1. The number of nitrogens with one attached hydrogen (secondary N) is 1. The maximum absolute atomic E-state index is 12.2. The van der Waals surface area contributed by atoms with Gasteiger partial charge in [-0.1, -0.05) is 6.07 Å². The lowest BCUT2D eigenvalue weighted by Gasteiger charge is -2.22. The summed E-state index contributed by atoms with van der Waals surface area (Å²) in [5, 5.41) is 0. The predicted octanol–water partition coefficient (Wildman–Crippen LogP) is 2.95. The van der Waals surface area contributed by atoms with Crippen molar-refractivity contribution < 1.29 is 26.7 Å². The molecule has 1 atom stereocenters. The molecule has 0 spiro atoms. The minimum atomic E-state index is -3.57. The van der Waals surface area contributed by atoms with Gasteiger partial charge in [-0.05, 0) is 37.8 Å². The Morgan fingerprint density at radius 2 is 2.17 bits per heavy atom. The van der Waals surface area contributed by atoms with Crippen LogP contribution in [0.5, 0.6) is 5.75 Å². The van der Waals surface area contributed by atoms with Crippen molar-refractivity contribution in [2.45, 2.75) is 38.7 Å². The van der Waals surface area contributed by atoms with Gasteiger partial charge in [-0.3, -0.25) is 4.72 Å². The van der Waals surface area contributed by atoms with Crippen molar-refractivity contribution in [3.05, 3.63) is 23.8 Å². The number of anilines is 1. The second-order valence-electron chi connectivity index (χ2n) is 5.55. The van der Waals surface area contributed by atoms with E-state index in [1.54, 1.807) is 19.1 Å². The Bertz CT molecular complexity index is 616. The van der Waals surface area contributed by atoms with E-state index in [1.807, 2.05) is 0 Å². The van der Waals surface area contributed by atoms with Crippen LogP contribution in [0, 0.1) is 6.92 Å². The topological polar surface area (TPSA) is 64.6 Å². The molecule has 1 aromatic carbocycles. The Morgan fingerprint density at radius 1 is 1.39 bits per heavy atom. The molecule has 0 radical (unpaired) electrons. The van der Waals surface area contributed by atoms with Crippen LogP contribution in [-0.4, -0.2) is 39.9 Å². The molecule has 1 aromatic rings. The monoisotopic (exact) mass is 349 g/mol. The standard InChI is InChI=1S/C15H21F2NO4S/c1-11-5-6-12(8-14(11)22-9-15(16)17)18-23(19,20)10-13-4-2-3-7-21-13/h5-6,8,13,15,18H,2-4,7,9-10H2,1H3. The van der Waals surface area contributed by atoms with Crippen molar-refractivity contribution in [1.82, 2.24) is 0 Å². The molecule has 0 saturated carbocycles. The first-order valence-electron chi connectivity index (χ1n) is 7.49. The molecule has 1 aliphatic heterocycles. The molecule has 1 saturated heterocycles. The number of hydrogen-bond acceptors (Lipinski definition) is 4. The van der Waals surface area contributed by atoms with Gasteiger partial charge in [0.25, 0.3) is 6.43 Å². The van der Waals surface area contributed by atoms with E-state index in [2.05, 4.69) is 4.72 Å². The minimum absolute atomic E-state index is 0.117. The molecule has 1 N–H and O–H groups in total. The van der Waals surface area contributed by atoms with Crippen LogP contribution in [0.1, 0.15) is 24.8 Å². The molecule has 1 unspecified atom stereocenters. The zero-order valence-corrected chi connectivity index (χ0v) is 13.7. The summed E-state index contributed by atoms with van der Waals surface area (Å²) in [5.74, 6) is 0.119. The van der Waals surface area contributed by atoms with Crippen molar-refractivity contribution in [2.75, 3.05) is 23.7 Å². The average Bonchev–Trinajstić information content (AvgIpc) is 2.48. The largest absolute Gasteiger partial charge is 0.487 e. The van der Waals surface area contributed by atoms with E-state index >= 15 is 0 Å². The third-order valence-electron chi connectivity index (χ3n) is 3.51. The molecule has 0 amide bonds. The number of alkyl halides is 2. The summed E-state index contributed by atoms with van der Waals surface area (Å²) < 4.78 is 61.7. The van der Waals surface area contributed by atoms with Crippen molar-refractivity contribution >= 4 is 15.7 Å². The maximum Gasteiger partial charge on any atom is 0.272 e. The first-order chi connectivity index (χ1) is 10.9. The smallest absolute Gasteiger partial charge is 0.272 e. The molecular formula is C15H21F2NO4S. The lowest BCUT2D eigenvalue weighted by molar-refractivity contribution is 0.0306. The molecule has 1 fully saturated rings. The summed E-state index contributed by atoms with van der Waals surface area (Å²) in [6, 6.07) is 4.61. The molecule has 0 aromatic heterocycles. The van der Waals surface area contributed by atoms with Crippen molar-refractivity contribution in [3.8, 4) is 5.75 Å². The van der Waals surface area contributed by atoms with Crippen LogP contribution in [0.3, 0.4) is 0 Å². The van der Waals surface area contributed by atoms with Gasteiger partial charge in [-0.2, -0.15) is 0 Å². The molecule has 1 heterocycles. The van der Waals surface area contributed by atoms with E-state index in [0.717, 1.165) is 19.3 Å². The normalized spacial score (nSPS) is 18.9. The molecule has 5 nitrogen and oxygen atoms in total. The lowest BCUT2D eigenvalue weighted by Crippen LogP contribution is -2.30. The second-order valence-corrected chi connectivity index (χ2v) is 7.32. The van der Waals surface area contributed by atoms with Crippen molar-refractivity contribution in [1.29, 1.82) is 0 Å². The number of aryl methyl sites for hydroxylation is 1. The first-order valence-corrected chi connectivity index (χ1v) is 9.14. The van der Waals surface area contributed by atoms with Gasteiger partial charge >= 0.3 is 0 Å². The van der Waals surface area contributed by atoms with Gasteiger partial charge < -0.3 is 9.47 Å². The van der Waals surface area contributed by atoms with E-state index in [0.29, 0.717) is 12.2 Å². The van der Waals surface area contributed by atoms with Crippen LogP contribution in [0.2, 0.25) is 0 Å². The van der Waals surface area contributed by atoms with Gasteiger partial charge in [0.15, 0.2) is 0 Å². The highest BCUT2D eigenvalue weighted by atomic mass is 32.2. The molecule has 2 rings (SSSR count). The number of halogens is 2. The highest BCUT2D eigenvalue weighted by Crippen LogP contribution is 2.24. The predicted molar refractivity (Wildman–Crippen MR) is 83.7 cm³/mol. The van der Waals surface area contributed by atoms with Crippen LogP contribution < -0.4 is 9.46 Å². The minimum Gasteiger partial charge on any atom is -0.487 e. The number of rotatable bonds is 7. The Kier molecular flexibility index (Phi) is 6.17. The Balaban J connectivity index is 2.01. The van der Waals surface area contributed by atoms with E-state index in [4.69, 9.17) is 9.47 Å². The maximum atomic E-state index is 12.2. The number of ether oxygens (including phenoxy) is 2. The summed E-state index contributed by atoms with van der Waals surface area (Å²) in [7, 11) is -3.57. The molecule has 0 bridgehead atoms. The van der Waals surface area contributed by atoms with Crippen LogP contribution in [0.4, 0.5) is 14.5 Å². The van der Waals surface area contributed by atoms with Crippen molar-refractivity contribution in [2.24, 2.45) is 0 Å². The second kappa shape index (κ2) is 7.92. The van der Waals surface area contributed by atoms with E-state index in [1.165, 1.54) is 6.07 Å². The van der Waals surface area contributed by atoms with E-state index < -0.39 is 23.1 Å². The third kappa shape index (κ3) is 5.95. The van der Waals surface area contributed by atoms with Crippen LogP contribution in [0.15, 0.2) is 18.2 Å². The fourth-order valence-corrected chi connectivity index (χ4v) is 3.70. The third-order valence-corrected chi connectivity index (χ3v) is 4.86. The highest BCUT2D eigenvalue weighted by Gasteiger charge is 2.22. The summed E-state index contributed by atoms with van der Waals surface area (Å²) in [4.78, 5) is 0. The molecular weight excluding hydrogens is 328 g/mol. The number of hydrogen-bond donors (Lipinski definition) is 1. The van der Waals surface area contributed by atoms with E-state index in [9.17, 15) is 17.2 Å². The molecule has 1 aliphatic rings. The average molecular weight is 349 g/mol. The molecule has 0 aliphatic carbocycles. The van der Waals surface area contributed by atoms with Gasteiger partial charge in [0.1, 0.15) is 12.4 Å². The lowest BCUT2D eigenvalue weighted by atomic mass is 10.1. The van der Waals surface area contributed by atoms with Gasteiger partial charge in [-0.15, -0.1) is 0 Å². The highest BCUT2D eigenvalue weighted by molar-refractivity contribution is 7.92. The summed E-state index contributed by atoms with van der Waals surface area (Å²) in [6.07, 6.45) is -0.264. The van der Waals surface area contributed by atoms with Crippen LogP contribution in [0.25, 0.3) is 0 Å². The Morgan fingerprint density at radius 3 is 2.83 bits per heavy atom. The molecule has 23 heavy (non-hydrogen) atoms. The van der Waals surface area contributed by atoms with Crippen molar-refractivity contribution in [3.63, 3.8) is 0 Å². The van der Waals surface area contributed by atoms with Gasteiger partial charge in [-0.25, -0.2) is 17.2 Å². The zero-order chi connectivity index (χ0) is 16.9. The Hall–Kier alpha value is -1.41. The Labute approximate surface area is 135 Å². The zero-order valence-electron chi connectivity index (χ0n) is 12.9. The summed E-state index contributed by atoms with van der Waals surface area (Å²) >= 11 is 0. The first kappa shape index (κ1) is 17.9. The van der Waals surface area contributed by atoms with Gasteiger partial charge in [0, 0.05) is 12.7 Å². The molecule has 130 valence electrons. The van der Waals surface area contributed by atoms with Crippen LogP contribution >= 0.6 is 0 Å². The SMILES string of the molecule is Cc1ccc(NS(=O)(=O)CC2CCCCO2)cc1OCC(F)F. The summed E-state index contributed by atoms with van der Waals surface area (Å²) in [6.45, 7) is 1.55. The molecule has 8 heteroatoms. The van der Waals surface area contributed by atoms with E-state index in [-0.39, 0.29) is 23.3 Å².